The first-order chi connectivity index (χ1) is 12.7. The van der Waals surface area contributed by atoms with Crippen LogP contribution in [-0.4, -0.2) is 61.2 Å². The van der Waals surface area contributed by atoms with Crippen LogP contribution in [0.3, 0.4) is 0 Å². The third kappa shape index (κ3) is 5.73. The van der Waals surface area contributed by atoms with Crippen LogP contribution in [0.5, 0.6) is 0 Å². The molecule has 0 spiro atoms. The number of likely N-dealkylation sites (tertiary alicyclic amines) is 1. The van der Waals surface area contributed by atoms with Crippen molar-refractivity contribution in [1.29, 1.82) is 0 Å². The SMILES string of the molecule is CCC(CCNC(=NC)NCC(CO)c1ccccc1)N1CCCC1=O. The Balaban J connectivity index is 1.77. The first-order valence-electron chi connectivity index (χ1n) is 9.59. The lowest BCUT2D eigenvalue weighted by atomic mass is 10.0. The second-order valence-corrected chi connectivity index (χ2v) is 6.71. The molecule has 6 nitrogen and oxygen atoms in total. The Morgan fingerprint density at radius 2 is 2.08 bits per heavy atom. The monoisotopic (exact) mass is 360 g/mol. The molecule has 0 saturated carbocycles. The fraction of sp³-hybridized carbons (Fsp3) is 0.600. The maximum Gasteiger partial charge on any atom is 0.222 e. The summed E-state index contributed by atoms with van der Waals surface area (Å²) >= 11 is 0. The number of nitrogens with one attached hydrogen (secondary N) is 2. The predicted octanol–water partition coefficient (Wildman–Crippen LogP) is 1.72. The number of aliphatic hydroxyl groups excluding tert-OH is 1. The topological polar surface area (TPSA) is 77.0 Å². The molecule has 1 saturated heterocycles. The van der Waals surface area contributed by atoms with Crippen molar-refractivity contribution in [1.82, 2.24) is 15.5 Å². The van der Waals surface area contributed by atoms with Crippen LogP contribution in [0, 0.1) is 0 Å². The molecule has 1 aliphatic heterocycles. The normalized spacial score (nSPS) is 17.3. The Morgan fingerprint density at radius 3 is 2.65 bits per heavy atom. The maximum atomic E-state index is 11.9. The fourth-order valence-corrected chi connectivity index (χ4v) is 3.45. The number of benzene rings is 1. The van der Waals surface area contributed by atoms with Crippen LogP contribution in [0.1, 0.15) is 44.1 Å². The molecule has 3 N–H and O–H groups in total. The second-order valence-electron chi connectivity index (χ2n) is 6.71. The Bertz CT molecular complexity index is 576. The van der Waals surface area contributed by atoms with Gasteiger partial charge in [-0.05, 0) is 24.8 Å². The number of carbonyl (C=O) groups is 1. The van der Waals surface area contributed by atoms with Gasteiger partial charge in [-0.2, -0.15) is 0 Å². The quantitative estimate of drug-likeness (QED) is 0.463. The van der Waals surface area contributed by atoms with Crippen LogP contribution in [0.25, 0.3) is 0 Å². The Morgan fingerprint density at radius 1 is 1.31 bits per heavy atom. The third-order valence-electron chi connectivity index (χ3n) is 5.02. The summed E-state index contributed by atoms with van der Waals surface area (Å²) < 4.78 is 0. The lowest BCUT2D eigenvalue weighted by Crippen LogP contribution is -2.43. The van der Waals surface area contributed by atoms with E-state index in [1.165, 1.54) is 0 Å². The summed E-state index contributed by atoms with van der Waals surface area (Å²) in [5, 5.41) is 16.3. The van der Waals surface area contributed by atoms with Gasteiger partial charge in [0.25, 0.3) is 0 Å². The Kier molecular flexibility index (Phi) is 8.41. The van der Waals surface area contributed by atoms with Crippen LogP contribution < -0.4 is 10.6 Å². The van der Waals surface area contributed by atoms with Gasteiger partial charge in [0.15, 0.2) is 5.96 Å². The smallest absolute Gasteiger partial charge is 0.222 e. The minimum atomic E-state index is 0.0281. The molecule has 0 aromatic heterocycles. The van der Waals surface area contributed by atoms with Gasteiger partial charge in [0.1, 0.15) is 0 Å². The zero-order valence-corrected chi connectivity index (χ0v) is 15.9. The molecule has 2 atom stereocenters. The summed E-state index contributed by atoms with van der Waals surface area (Å²) in [6, 6.07) is 10.3. The molecule has 1 heterocycles. The van der Waals surface area contributed by atoms with Gasteiger partial charge >= 0.3 is 0 Å². The average Bonchev–Trinajstić information content (AvgIpc) is 3.10. The standard InChI is InChI=1S/C20H32N4O2/c1-3-18(24-13-7-10-19(24)26)11-12-22-20(21-2)23-14-17(15-25)16-8-5-4-6-9-16/h4-6,8-9,17-18,25H,3,7,10-15H2,1-2H3,(H2,21,22,23). The summed E-state index contributed by atoms with van der Waals surface area (Å²) in [4.78, 5) is 18.2. The van der Waals surface area contributed by atoms with Crippen molar-refractivity contribution in [2.75, 3.05) is 33.3 Å². The number of aliphatic imine (C=N–C) groups is 1. The number of hydrogen-bond donors (Lipinski definition) is 3. The number of rotatable bonds is 9. The highest BCUT2D eigenvalue weighted by Crippen LogP contribution is 2.17. The van der Waals surface area contributed by atoms with E-state index in [1.54, 1.807) is 7.05 Å². The maximum absolute atomic E-state index is 11.9. The van der Waals surface area contributed by atoms with E-state index >= 15 is 0 Å². The third-order valence-corrected chi connectivity index (χ3v) is 5.02. The molecular weight excluding hydrogens is 328 g/mol. The van der Waals surface area contributed by atoms with Crippen LogP contribution in [0.4, 0.5) is 0 Å². The van der Waals surface area contributed by atoms with Gasteiger partial charge < -0.3 is 20.6 Å². The summed E-state index contributed by atoms with van der Waals surface area (Å²) in [6.07, 6.45) is 3.55. The molecule has 6 heteroatoms. The van der Waals surface area contributed by atoms with E-state index in [2.05, 4.69) is 22.5 Å². The lowest BCUT2D eigenvalue weighted by Gasteiger charge is -2.27. The van der Waals surface area contributed by atoms with E-state index in [-0.39, 0.29) is 18.4 Å². The second kappa shape index (κ2) is 10.8. The molecule has 1 amide bonds. The van der Waals surface area contributed by atoms with Gasteiger partial charge in [-0.15, -0.1) is 0 Å². The lowest BCUT2D eigenvalue weighted by molar-refractivity contribution is -0.129. The zero-order chi connectivity index (χ0) is 18.8. The molecule has 0 bridgehead atoms. The Labute approximate surface area is 156 Å². The molecule has 1 aliphatic rings. The van der Waals surface area contributed by atoms with E-state index in [4.69, 9.17) is 0 Å². The van der Waals surface area contributed by atoms with E-state index < -0.39 is 0 Å². The number of aliphatic hydroxyl groups is 1. The minimum Gasteiger partial charge on any atom is -0.396 e. The van der Waals surface area contributed by atoms with Gasteiger partial charge in [0, 0.05) is 45.1 Å². The van der Waals surface area contributed by atoms with Gasteiger partial charge in [-0.25, -0.2) is 0 Å². The van der Waals surface area contributed by atoms with Crippen LogP contribution in [-0.2, 0) is 4.79 Å². The number of hydrogen-bond acceptors (Lipinski definition) is 3. The minimum absolute atomic E-state index is 0.0281. The van der Waals surface area contributed by atoms with Crippen molar-refractivity contribution in [3.05, 3.63) is 35.9 Å². The summed E-state index contributed by atoms with van der Waals surface area (Å²) in [7, 11) is 1.74. The van der Waals surface area contributed by atoms with Crippen LogP contribution in [0.15, 0.2) is 35.3 Å². The number of amides is 1. The van der Waals surface area contributed by atoms with Crippen molar-refractivity contribution in [3.63, 3.8) is 0 Å². The molecule has 1 aromatic carbocycles. The van der Waals surface area contributed by atoms with Crippen LogP contribution >= 0.6 is 0 Å². The van der Waals surface area contributed by atoms with Gasteiger partial charge in [0.05, 0.1) is 6.61 Å². The molecule has 1 fully saturated rings. The molecule has 0 radical (unpaired) electrons. The fourth-order valence-electron chi connectivity index (χ4n) is 3.45. The van der Waals surface area contributed by atoms with E-state index in [0.29, 0.717) is 19.0 Å². The molecule has 144 valence electrons. The highest BCUT2D eigenvalue weighted by Gasteiger charge is 2.26. The van der Waals surface area contributed by atoms with Crippen LogP contribution in [0.2, 0.25) is 0 Å². The van der Waals surface area contributed by atoms with E-state index in [0.717, 1.165) is 43.9 Å². The van der Waals surface area contributed by atoms with Gasteiger partial charge in [-0.3, -0.25) is 9.79 Å². The molecule has 1 aromatic rings. The van der Waals surface area contributed by atoms with Gasteiger partial charge in [-0.1, -0.05) is 37.3 Å². The van der Waals surface area contributed by atoms with Crippen molar-refractivity contribution < 1.29 is 9.90 Å². The summed E-state index contributed by atoms with van der Waals surface area (Å²) in [6.45, 7) is 4.48. The van der Waals surface area contributed by atoms with Gasteiger partial charge in [0.2, 0.25) is 5.91 Å². The number of guanidine groups is 1. The first kappa shape index (κ1) is 20.2. The molecular formula is C20H32N4O2. The highest BCUT2D eigenvalue weighted by molar-refractivity contribution is 5.80. The Hall–Kier alpha value is -2.08. The van der Waals surface area contributed by atoms with Crippen molar-refractivity contribution in [2.24, 2.45) is 4.99 Å². The molecule has 0 aliphatic carbocycles. The number of nitrogens with zero attached hydrogens (tertiary/aromatic N) is 2. The number of carbonyl (C=O) groups excluding carboxylic acids is 1. The summed E-state index contributed by atoms with van der Waals surface area (Å²) in [5.74, 6) is 1.04. The molecule has 2 unspecified atom stereocenters. The summed E-state index contributed by atoms with van der Waals surface area (Å²) in [5.41, 5.74) is 1.11. The largest absolute Gasteiger partial charge is 0.396 e. The highest BCUT2D eigenvalue weighted by atomic mass is 16.3. The first-order valence-corrected chi connectivity index (χ1v) is 9.59. The van der Waals surface area contributed by atoms with E-state index in [9.17, 15) is 9.90 Å². The van der Waals surface area contributed by atoms with Crippen molar-refractivity contribution >= 4 is 11.9 Å². The molecule has 26 heavy (non-hydrogen) atoms. The average molecular weight is 361 g/mol. The predicted molar refractivity (Wildman–Crippen MR) is 105 cm³/mol. The van der Waals surface area contributed by atoms with E-state index in [1.807, 2.05) is 35.2 Å². The van der Waals surface area contributed by atoms with Crippen molar-refractivity contribution in [2.45, 2.75) is 44.6 Å². The zero-order valence-electron chi connectivity index (χ0n) is 15.9. The molecule has 2 rings (SSSR count). The van der Waals surface area contributed by atoms with Crippen molar-refractivity contribution in [3.8, 4) is 0 Å².